The van der Waals surface area contributed by atoms with Crippen molar-refractivity contribution in [3.05, 3.63) is 5.89 Å². The molecule has 0 saturated heterocycles. The summed E-state index contributed by atoms with van der Waals surface area (Å²) < 4.78 is 5.11. The number of carbonyl (C=O) groups is 1. The van der Waals surface area contributed by atoms with Gasteiger partial charge in [-0.3, -0.25) is 0 Å². The minimum absolute atomic E-state index is 0.144. The Labute approximate surface area is 93.2 Å². The molecule has 8 nitrogen and oxygen atoms in total. The highest BCUT2D eigenvalue weighted by molar-refractivity contribution is 5.73. The van der Waals surface area contributed by atoms with E-state index in [1.807, 2.05) is 0 Å². The fourth-order valence-electron chi connectivity index (χ4n) is 0.905. The number of amides is 2. The summed E-state index contributed by atoms with van der Waals surface area (Å²) in [6.07, 6.45) is 0. The first-order valence-corrected chi connectivity index (χ1v) is 4.85. The fraction of sp³-hybridized carbons (Fsp3) is 0.625. The molecule has 0 aliphatic rings. The monoisotopic (exact) mass is 228 g/mol. The zero-order valence-electron chi connectivity index (χ0n) is 9.36. The van der Waals surface area contributed by atoms with E-state index in [1.165, 1.54) is 4.90 Å². The van der Waals surface area contributed by atoms with E-state index in [9.17, 15) is 4.79 Å². The Hall–Kier alpha value is -1.83. The van der Waals surface area contributed by atoms with E-state index in [2.05, 4.69) is 20.8 Å². The third-order valence-electron chi connectivity index (χ3n) is 1.73. The first-order chi connectivity index (χ1) is 7.63. The molecule has 0 radical (unpaired) electrons. The van der Waals surface area contributed by atoms with Crippen LogP contribution in [0.4, 0.5) is 10.8 Å². The quantitative estimate of drug-likeness (QED) is 0.570. The summed E-state index contributed by atoms with van der Waals surface area (Å²) in [5.74, 6) is 0.375. The molecule has 0 atom stereocenters. The smallest absolute Gasteiger partial charge is 0.316 e. The normalized spacial score (nSPS) is 9.94. The number of carbonyl (C=O) groups excluding carboxylic acids is 1. The van der Waals surface area contributed by atoms with Crippen molar-refractivity contribution in [3.8, 4) is 0 Å². The van der Waals surface area contributed by atoms with Gasteiger partial charge in [0.15, 0.2) is 0 Å². The van der Waals surface area contributed by atoms with Crippen LogP contribution in [0.1, 0.15) is 5.89 Å². The van der Waals surface area contributed by atoms with Crippen LogP contribution in [0, 0.1) is 0 Å². The Morgan fingerprint density at radius 3 is 2.75 bits per heavy atom. The standard InChI is InChI=1S/C8H16N6O2/c1-14(2)8(15)11-4-3-10-7-13-12-6(5-9)16-7/h3-5,9H2,1-2H3,(H,10,13)(H,11,15). The van der Waals surface area contributed by atoms with Crippen molar-refractivity contribution in [1.82, 2.24) is 20.4 Å². The molecule has 2 amide bonds. The highest BCUT2D eigenvalue weighted by atomic mass is 16.4. The van der Waals surface area contributed by atoms with Gasteiger partial charge in [0, 0.05) is 27.2 Å². The van der Waals surface area contributed by atoms with E-state index < -0.39 is 0 Å². The fourth-order valence-corrected chi connectivity index (χ4v) is 0.905. The van der Waals surface area contributed by atoms with Crippen molar-refractivity contribution < 1.29 is 9.21 Å². The molecule has 90 valence electrons. The van der Waals surface area contributed by atoms with Crippen molar-refractivity contribution in [3.63, 3.8) is 0 Å². The van der Waals surface area contributed by atoms with Gasteiger partial charge in [0.05, 0.1) is 6.54 Å². The van der Waals surface area contributed by atoms with Gasteiger partial charge in [-0.25, -0.2) is 4.79 Å². The first-order valence-electron chi connectivity index (χ1n) is 4.85. The molecule has 1 aromatic rings. The summed E-state index contributed by atoms with van der Waals surface area (Å²) in [4.78, 5) is 12.6. The lowest BCUT2D eigenvalue weighted by Crippen LogP contribution is -2.37. The van der Waals surface area contributed by atoms with Crippen molar-refractivity contribution in [2.45, 2.75) is 6.54 Å². The first kappa shape index (κ1) is 12.2. The van der Waals surface area contributed by atoms with Crippen molar-refractivity contribution in [1.29, 1.82) is 0 Å². The lowest BCUT2D eigenvalue weighted by molar-refractivity contribution is 0.218. The molecule has 1 heterocycles. The van der Waals surface area contributed by atoms with Crippen LogP contribution in [0.5, 0.6) is 0 Å². The summed E-state index contributed by atoms with van der Waals surface area (Å²) in [5, 5.41) is 12.9. The third-order valence-corrected chi connectivity index (χ3v) is 1.73. The van der Waals surface area contributed by atoms with Crippen molar-refractivity contribution >= 4 is 12.0 Å². The van der Waals surface area contributed by atoms with Gasteiger partial charge in [-0.15, -0.1) is 5.10 Å². The predicted octanol–water partition coefficient (Wildman–Crippen LogP) is -0.789. The van der Waals surface area contributed by atoms with Gasteiger partial charge in [-0.05, 0) is 0 Å². The van der Waals surface area contributed by atoms with Crippen LogP contribution < -0.4 is 16.4 Å². The number of hydrogen-bond acceptors (Lipinski definition) is 6. The Morgan fingerprint density at radius 2 is 2.19 bits per heavy atom. The van der Waals surface area contributed by atoms with Crippen LogP contribution in [0.25, 0.3) is 0 Å². The van der Waals surface area contributed by atoms with Gasteiger partial charge >= 0.3 is 12.0 Å². The Bertz CT molecular complexity index is 337. The lowest BCUT2D eigenvalue weighted by atomic mass is 10.6. The van der Waals surface area contributed by atoms with Crippen LogP contribution in [0.2, 0.25) is 0 Å². The molecule has 0 fully saturated rings. The van der Waals surface area contributed by atoms with E-state index in [-0.39, 0.29) is 12.6 Å². The average Bonchev–Trinajstić information content (AvgIpc) is 2.71. The van der Waals surface area contributed by atoms with Gasteiger partial charge in [0.2, 0.25) is 5.89 Å². The minimum atomic E-state index is -0.144. The average molecular weight is 228 g/mol. The van der Waals surface area contributed by atoms with E-state index in [0.717, 1.165) is 0 Å². The largest absolute Gasteiger partial charge is 0.407 e. The highest BCUT2D eigenvalue weighted by Gasteiger charge is 2.04. The second kappa shape index (κ2) is 5.91. The summed E-state index contributed by atoms with van der Waals surface area (Å²) in [7, 11) is 3.35. The molecule has 4 N–H and O–H groups in total. The third kappa shape index (κ3) is 3.73. The molecule has 0 bridgehead atoms. The van der Waals surface area contributed by atoms with Crippen LogP contribution in [0.15, 0.2) is 4.42 Å². The van der Waals surface area contributed by atoms with E-state index in [4.69, 9.17) is 10.2 Å². The molecule has 0 aliphatic heterocycles. The Morgan fingerprint density at radius 1 is 1.44 bits per heavy atom. The minimum Gasteiger partial charge on any atom is -0.407 e. The molecule has 0 saturated carbocycles. The molecule has 1 aromatic heterocycles. The van der Waals surface area contributed by atoms with E-state index >= 15 is 0 Å². The topological polar surface area (TPSA) is 109 Å². The second-order valence-electron chi connectivity index (χ2n) is 3.26. The summed E-state index contributed by atoms with van der Waals surface area (Å²) >= 11 is 0. The molecule has 0 unspecified atom stereocenters. The van der Waals surface area contributed by atoms with Gasteiger partial charge in [0.1, 0.15) is 0 Å². The Balaban J connectivity index is 2.18. The maximum absolute atomic E-state index is 11.1. The number of nitrogens with zero attached hydrogens (tertiary/aromatic N) is 3. The maximum atomic E-state index is 11.1. The van der Waals surface area contributed by atoms with Crippen molar-refractivity contribution in [2.24, 2.45) is 5.73 Å². The number of aromatic nitrogens is 2. The zero-order chi connectivity index (χ0) is 12.0. The second-order valence-corrected chi connectivity index (χ2v) is 3.26. The predicted molar refractivity (Wildman–Crippen MR) is 57.8 cm³/mol. The van der Waals surface area contributed by atoms with Gasteiger partial charge in [-0.1, -0.05) is 5.10 Å². The van der Waals surface area contributed by atoms with E-state index in [0.29, 0.717) is 25.0 Å². The molecule has 8 heteroatoms. The van der Waals surface area contributed by atoms with Crippen LogP contribution >= 0.6 is 0 Å². The van der Waals surface area contributed by atoms with Crippen LogP contribution in [-0.4, -0.2) is 48.3 Å². The number of hydrogen-bond donors (Lipinski definition) is 3. The number of nitrogens with two attached hydrogens (primary N) is 1. The summed E-state index contributed by atoms with van der Waals surface area (Å²) in [6, 6.07) is 0.162. The van der Waals surface area contributed by atoms with Crippen molar-refractivity contribution in [2.75, 3.05) is 32.5 Å². The van der Waals surface area contributed by atoms with Gasteiger partial charge in [-0.2, -0.15) is 0 Å². The summed E-state index contributed by atoms with van der Waals surface area (Å²) in [6.45, 7) is 1.19. The number of rotatable bonds is 5. The number of urea groups is 1. The zero-order valence-corrected chi connectivity index (χ0v) is 9.36. The molecule has 16 heavy (non-hydrogen) atoms. The van der Waals surface area contributed by atoms with Crippen LogP contribution in [0.3, 0.4) is 0 Å². The highest BCUT2D eigenvalue weighted by Crippen LogP contribution is 2.02. The molecule has 0 aromatic carbocycles. The Kier molecular flexibility index (Phi) is 4.52. The molecule has 0 spiro atoms. The van der Waals surface area contributed by atoms with Gasteiger partial charge in [0.25, 0.3) is 0 Å². The molecular formula is C8H16N6O2. The maximum Gasteiger partial charge on any atom is 0.316 e. The number of anilines is 1. The van der Waals surface area contributed by atoms with Crippen LogP contribution in [-0.2, 0) is 6.54 Å². The molecule has 1 rings (SSSR count). The SMILES string of the molecule is CN(C)C(=O)NCCNc1nnc(CN)o1. The van der Waals surface area contributed by atoms with E-state index in [1.54, 1.807) is 14.1 Å². The van der Waals surface area contributed by atoms with Gasteiger partial charge < -0.3 is 25.7 Å². The molecular weight excluding hydrogens is 212 g/mol. The molecule has 0 aliphatic carbocycles. The summed E-state index contributed by atoms with van der Waals surface area (Å²) in [5.41, 5.74) is 5.30. The number of nitrogens with one attached hydrogen (secondary N) is 2. The lowest BCUT2D eigenvalue weighted by Gasteiger charge is -2.11.